The van der Waals surface area contributed by atoms with E-state index in [-0.39, 0.29) is 19.4 Å². The summed E-state index contributed by atoms with van der Waals surface area (Å²) in [5.74, 6) is -1.02. The molecule has 9 heteroatoms. The lowest BCUT2D eigenvalue weighted by molar-refractivity contribution is -0.343. The molecule has 46 heavy (non-hydrogen) atoms. The third-order valence-corrected chi connectivity index (χ3v) is 7.18. The van der Waals surface area contributed by atoms with Gasteiger partial charge in [-0.2, -0.15) is 0 Å². The van der Waals surface area contributed by atoms with Crippen LogP contribution >= 0.6 is 7.82 Å². The highest BCUT2D eigenvalue weighted by atomic mass is 31.2. The fraction of sp³-hybridized carbons (Fsp3) is 0.622. The molecule has 262 valence electrons. The molecule has 0 aromatic carbocycles. The van der Waals surface area contributed by atoms with Crippen molar-refractivity contribution in [2.45, 2.75) is 136 Å². The van der Waals surface area contributed by atoms with Crippen LogP contribution in [0.1, 0.15) is 129 Å². The van der Waals surface area contributed by atoms with Gasteiger partial charge in [0.1, 0.15) is 6.61 Å². The van der Waals surface area contributed by atoms with Crippen LogP contribution in [-0.4, -0.2) is 31.3 Å². The maximum atomic E-state index is 12.3. The molecule has 0 rings (SSSR count). The Balaban J connectivity index is 4.10. The van der Waals surface area contributed by atoms with Gasteiger partial charge < -0.3 is 28.3 Å². The van der Waals surface area contributed by atoms with E-state index in [9.17, 15) is 23.9 Å². The van der Waals surface area contributed by atoms with E-state index in [0.29, 0.717) is 12.8 Å². The average molecular weight is 663 g/mol. The number of phosphoric ester groups is 1. The fourth-order valence-corrected chi connectivity index (χ4v) is 4.57. The molecular weight excluding hydrogens is 603 g/mol. The summed E-state index contributed by atoms with van der Waals surface area (Å²) in [4.78, 5) is 46.3. The fourth-order valence-electron chi connectivity index (χ4n) is 4.22. The van der Waals surface area contributed by atoms with Crippen molar-refractivity contribution in [3.63, 3.8) is 0 Å². The molecule has 0 amide bonds. The van der Waals surface area contributed by atoms with Crippen LogP contribution in [0.3, 0.4) is 0 Å². The Morgan fingerprint density at radius 1 is 0.565 bits per heavy atom. The third-order valence-electron chi connectivity index (χ3n) is 6.71. The topological polar surface area (TPSA) is 125 Å². The van der Waals surface area contributed by atoms with Gasteiger partial charge in [0.15, 0.2) is 6.10 Å². The molecule has 1 atom stereocenters. The quantitative estimate of drug-likeness (QED) is 0.0324. The van der Waals surface area contributed by atoms with Gasteiger partial charge in [0, 0.05) is 12.8 Å². The van der Waals surface area contributed by atoms with Crippen LogP contribution < -0.4 is 9.79 Å². The molecular formula is C37H59O8P-2. The summed E-state index contributed by atoms with van der Waals surface area (Å²) in [6.07, 6.45) is 40.1. The van der Waals surface area contributed by atoms with Crippen LogP contribution in [0.15, 0.2) is 72.9 Å². The predicted molar refractivity (Wildman–Crippen MR) is 184 cm³/mol. The Kier molecular flexibility index (Phi) is 30.7. The number of rotatable bonds is 30. The Hall–Kier alpha value is -2.51. The van der Waals surface area contributed by atoms with E-state index >= 15 is 0 Å². The second-order valence-corrected chi connectivity index (χ2v) is 12.2. The Morgan fingerprint density at radius 3 is 1.48 bits per heavy atom. The minimum absolute atomic E-state index is 0.137. The van der Waals surface area contributed by atoms with Gasteiger partial charge in [-0.25, -0.2) is 0 Å². The summed E-state index contributed by atoms with van der Waals surface area (Å²) >= 11 is 0. The van der Waals surface area contributed by atoms with Crippen LogP contribution in [0.5, 0.6) is 0 Å². The lowest BCUT2D eigenvalue weighted by atomic mass is 10.1. The van der Waals surface area contributed by atoms with Crippen molar-refractivity contribution in [2.24, 2.45) is 0 Å². The molecule has 0 aliphatic rings. The second-order valence-electron chi connectivity index (χ2n) is 11.0. The molecule has 0 aromatic rings. The highest BCUT2D eigenvalue weighted by Crippen LogP contribution is 2.25. The van der Waals surface area contributed by atoms with Gasteiger partial charge in [-0.05, 0) is 77.0 Å². The van der Waals surface area contributed by atoms with Crippen LogP contribution in [-0.2, 0) is 28.2 Å². The molecule has 0 saturated carbocycles. The number of ether oxygens (including phenoxy) is 2. The van der Waals surface area contributed by atoms with Crippen LogP contribution in [0.2, 0.25) is 0 Å². The number of hydrogen-bond donors (Lipinski definition) is 0. The van der Waals surface area contributed by atoms with E-state index in [1.54, 1.807) is 0 Å². The summed E-state index contributed by atoms with van der Waals surface area (Å²) in [7, 11) is -5.26. The molecule has 0 spiro atoms. The standard InChI is InChI=1S/C37H61O8P/c1-3-5-7-9-11-13-15-17-18-20-21-23-25-27-29-31-36(38)43-33-35(34-44-46(40,41)42)45-37(39)32-30-28-26-24-22-19-16-14-12-10-8-6-4-2/h5-8,11-14,17-19,22,35H,3-4,9-10,15-16,20-21,23-34H2,1-2H3,(H2,40,41,42)/p-2/b7-5-,8-6-,13-11-,14-12-,18-17-,22-19-/t35-/m1/s1. The molecule has 0 aliphatic heterocycles. The Bertz CT molecular complexity index is 974. The van der Waals surface area contributed by atoms with E-state index in [0.717, 1.165) is 89.9 Å². The first-order chi connectivity index (χ1) is 22.3. The van der Waals surface area contributed by atoms with Crippen molar-refractivity contribution < 1.29 is 37.9 Å². The van der Waals surface area contributed by atoms with Gasteiger partial charge >= 0.3 is 11.9 Å². The van der Waals surface area contributed by atoms with Crippen LogP contribution in [0, 0.1) is 0 Å². The largest absolute Gasteiger partial charge is 0.790 e. The van der Waals surface area contributed by atoms with Gasteiger partial charge in [-0.1, -0.05) is 112 Å². The Morgan fingerprint density at radius 2 is 0.978 bits per heavy atom. The molecule has 0 aromatic heterocycles. The van der Waals surface area contributed by atoms with Gasteiger partial charge in [0.25, 0.3) is 0 Å². The van der Waals surface area contributed by atoms with E-state index in [2.05, 4.69) is 91.3 Å². The molecule has 8 nitrogen and oxygen atoms in total. The SMILES string of the molecule is CC/C=C\C/C=C\C/C=C\CCCCCCCC(=O)OC[C@H](COP(=O)([O-])[O-])OC(=O)CCCCC/C=C\C/C=C\C/C=C\CC. The maximum Gasteiger partial charge on any atom is 0.306 e. The number of carbonyl (C=O) groups is 2. The number of unbranched alkanes of at least 4 members (excludes halogenated alkanes) is 8. The van der Waals surface area contributed by atoms with Gasteiger partial charge in [-0.3, -0.25) is 9.59 Å². The highest BCUT2D eigenvalue weighted by molar-refractivity contribution is 7.43. The van der Waals surface area contributed by atoms with E-state index in [1.807, 2.05) is 0 Å². The molecule has 0 N–H and O–H groups in total. The molecule has 0 fully saturated rings. The second kappa shape index (κ2) is 32.4. The van der Waals surface area contributed by atoms with Gasteiger partial charge in [-0.15, -0.1) is 0 Å². The number of hydrogen-bond acceptors (Lipinski definition) is 8. The maximum absolute atomic E-state index is 12.3. The van der Waals surface area contributed by atoms with Crippen LogP contribution in [0.25, 0.3) is 0 Å². The average Bonchev–Trinajstić information content (AvgIpc) is 3.02. The van der Waals surface area contributed by atoms with E-state index in [1.165, 1.54) is 0 Å². The first-order valence-corrected chi connectivity index (χ1v) is 18.7. The monoisotopic (exact) mass is 662 g/mol. The Labute approximate surface area is 279 Å². The van der Waals surface area contributed by atoms with Crippen molar-refractivity contribution in [1.29, 1.82) is 0 Å². The molecule has 0 bridgehead atoms. The molecule has 0 saturated heterocycles. The number of esters is 2. The number of carbonyl (C=O) groups excluding carboxylic acids is 2. The summed E-state index contributed by atoms with van der Waals surface area (Å²) in [5, 5.41) is 0. The zero-order valence-electron chi connectivity index (χ0n) is 28.4. The van der Waals surface area contributed by atoms with Crippen molar-refractivity contribution in [2.75, 3.05) is 13.2 Å². The number of allylic oxidation sites excluding steroid dienone is 12. The lowest BCUT2D eigenvalue weighted by Crippen LogP contribution is -2.31. The third kappa shape index (κ3) is 34.4. The van der Waals surface area contributed by atoms with Crippen molar-refractivity contribution in [1.82, 2.24) is 0 Å². The van der Waals surface area contributed by atoms with Gasteiger partial charge in [0.05, 0.1) is 14.4 Å². The zero-order chi connectivity index (χ0) is 34.0. The van der Waals surface area contributed by atoms with E-state index < -0.39 is 32.5 Å². The van der Waals surface area contributed by atoms with Crippen molar-refractivity contribution in [3.8, 4) is 0 Å². The molecule has 0 radical (unpaired) electrons. The van der Waals surface area contributed by atoms with Gasteiger partial charge in [0.2, 0.25) is 0 Å². The van der Waals surface area contributed by atoms with Crippen molar-refractivity contribution >= 4 is 19.8 Å². The normalized spacial score (nSPS) is 13.4. The molecule has 0 aliphatic carbocycles. The summed E-state index contributed by atoms with van der Waals surface area (Å²) in [6, 6.07) is 0. The smallest absolute Gasteiger partial charge is 0.306 e. The number of phosphoric acid groups is 1. The first kappa shape index (κ1) is 43.5. The first-order valence-electron chi connectivity index (χ1n) is 17.2. The summed E-state index contributed by atoms with van der Waals surface area (Å²) in [6.45, 7) is 3.19. The van der Waals surface area contributed by atoms with E-state index in [4.69, 9.17) is 9.47 Å². The zero-order valence-corrected chi connectivity index (χ0v) is 29.3. The van der Waals surface area contributed by atoms with Crippen LogP contribution in [0.4, 0.5) is 0 Å². The van der Waals surface area contributed by atoms with Crippen molar-refractivity contribution in [3.05, 3.63) is 72.9 Å². The molecule has 0 heterocycles. The molecule has 0 unspecified atom stereocenters. The summed E-state index contributed by atoms with van der Waals surface area (Å²) < 4.78 is 25.6. The minimum atomic E-state index is -5.26. The minimum Gasteiger partial charge on any atom is -0.790 e. The highest BCUT2D eigenvalue weighted by Gasteiger charge is 2.18. The summed E-state index contributed by atoms with van der Waals surface area (Å²) in [5.41, 5.74) is 0. The predicted octanol–water partition coefficient (Wildman–Crippen LogP) is 8.69. The lowest BCUT2D eigenvalue weighted by Gasteiger charge is -2.30.